The summed E-state index contributed by atoms with van der Waals surface area (Å²) >= 11 is 3.21. The average Bonchev–Trinajstić information content (AvgIpc) is 3.16. The van der Waals surface area contributed by atoms with Crippen molar-refractivity contribution in [2.45, 2.75) is 20.5 Å². The Hall–Kier alpha value is -2.60. The second kappa shape index (κ2) is 7.53. The molecule has 0 spiro atoms. The molecule has 25 heavy (non-hydrogen) atoms. The Bertz CT molecular complexity index is 907. The van der Waals surface area contributed by atoms with E-state index in [4.69, 9.17) is 9.15 Å². The molecule has 3 rings (SSSR count). The van der Waals surface area contributed by atoms with Crippen molar-refractivity contribution >= 4 is 28.0 Å². The quantitative estimate of drug-likeness (QED) is 0.463. The van der Waals surface area contributed by atoms with Crippen LogP contribution in [0, 0.1) is 13.8 Å². The third-order valence-corrected chi connectivity index (χ3v) is 3.98. The molecule has 0 aliphatic heterocycles. The van der Waals surface area contributed by atoms with Gasteiger partial charge in [0, 0.05) is 11.8 Å². The van der Waals surface area contributed by atoms with Crippen LogP contribution in [0.2, 0.25) is 0 Å². The Balaban J connectivity index is 1.57. The van der Waals surface area contributed by atoms with E-state index < -0.39 is 5.97 Å². The number of nitrogens with zero attached hydrogens (tertiary/aromatic N) is 2. The molecule has 0 radical (unpaired) electrons. The van der Waals surface area contributed by atoms with Crippen molar-refractivity contribution in [1.82, 2.24) is 9.78 Å². The Morgan fingerprint density at radius 2 is 2.00 bits per heavy atom. The van der Waals surface area contributed by atoms with Crippen molar-refractivity contribution in [1.29, 1.82) is 0 Å². The number of hydrogen-bond acceptors (Lipinski definition) is 4. The van der Waals surface area contributed by atoms with E-state index in [9.17, 15) is 4.79 Å². The summed E-state index contributed by atoms with van der Waals surface area (Å²) in [6.07, 6.45) is 2.91. The largest absolute Gasteiger partial charge is 0.458 e. The molecule has 0 saturated heterocycles. The lowest BCUT2D eigenvalue weighted by molar-refractivity contribution is -0.138. The van der Waals surface area contributed by atoms with E-state index in [1.807, 2.05) is 48.9 Å². The maximum Gasteiger partial charge on any atom is 0.331 e. The van der Waals surface area contributed by atoms with Crippen LogP contribution in [0.4, 0.5) is 0 Å². The zero-order valence-corrected chi connectivity index (χ0v) is 15.5. The van der Waals surface area contributed by atoms with Crippen molar-refractivity contribution < 1.29 is 13.9 Å². The number of hydrogen-bond donors (Lipinski definition) is 0. The van der Waals surface area contributed by atoms with Crippen LogP contribution in [0.1, 0.15) is 22.7 Å². The van der Waals surface area contributed by atoms with Gasteiger partial charge in [-0.2, -0.15) is 5.10 Å². The molecule has 2 heterocycles. The van der Waals surface area contributed by atoms with Crippen molar-refractivity contribution in [3.8, 4) is 5.69 Å². The Morgan fingerprint density at radius 3 is 2.60 bits per heavy atom. The zero-order valence-electron chi connectivity index (χ0n) is 13.9. The second-order valence-electron chi connectivity index (χ2n) is 5.59. The standard InChI is InChI=1S/C19H17BrN2O3/c1-13-11-14(2)22(21-13)16-5-3-15(4-6-16)12-24-19(23)10-8-17-7-9-18(20)25-17/h3-11H,12H2,1-2H3/b10-8+. The molecule has 3 aromatic rings. The van der Waals surface area contributed by atoms with Crippen LogP contribution < -0.4 is 0 Å². The molecule has 0 saturated carbocycles. The molecule has 0 amide bonds. The number of esters is 1. The molecule has 0 N–H and O–H groups in total. The van der Waals surface area contributed by atoms with Crippen molar-refractivity contribution in [3.63, 3.8) is 0 Å². The first-order chi connectivity index (χ1) is 12.0. The SMILES string of the molecule is Cc1cc(C)n(-c2ccc(COC(=O)/C=C/c3ccc(Br)o3)cc2)n1. The molecule has 0 aliphatic carbocycles. The summed E-state index contributed by atoms with van der Waals surface area (Å²) in [5.41, 5.74) is 3.94. The molecule has 5 nitrogen and oxygen atoms in total. The van der Waals surface area contributed by atoms with Crippen LogP contribution >= 0.6 is 15.9 Å². The first-order valence-electron chi connectivity index (χ1n) is 7.74. The molecule has 128 valence electrons. The summed E-state index contributed by atoms with van der Waals surface area (Å²) in [4.78, 5) is 11.8. The minimum Gasteiger partial charge on any atom is -0.458 e. The summed E-state index contributed by atoms with van der Waals surface area (Å²) in [7, 11) is 0. The number of ether oxygens (including phenoxy) is 1. The zero-order chi connectivity index (χ0) is 17.8. The van der Waals surface area contributed by atoms with Crippen LogP contribution in [0.3, 0.4) is 0 Å². The minimum atomic E-state index is -0.421. The number of carbonyl (C=O) groups excluding carboxylic acids is 1. The molecule has 0 bridgehead atoms. The van der Waals surface area contributed by atoms with Crippen molar-refractivity contribution in [3.05, 3.63) is 75.9 Å². The highest BCUT2D eigenvalue weighted by molar-refractivity contribution is 9.10. The molecule has 2 aromatic heterocycles. The van der Waals surface area contributed by atoms with E-state index in [-0.39, 0.29) is 6.61 Å². The number of carbonyl (C=O) groups is 1. The molecular formula is C19H17BrN2O3. The van der Waals surface area contributed by atoms with Gasteiger partial charge < -0.3 is 9.15 Å². The Kier molecular flexibility index (Phi) is 5.19. The molecular weight excluding hydrogens is 384 g/mol. The number of benzene rings is 1. The van der Waals surface area contributed by atoms with Gasteiger partial charge in [0.15, 0.2) is 4.67 Å². The van der Waals surface area contributed by atoms with Crippen LogP contribution in [0.5, 0.6) is 0 Å². The molecule has 6 heteroatoms. The van der Waals surface area contributed by atoms with Crippen molar-refractivity contribution in [2.75, 3.05) is 0 Å². The fourth-order valence-electron chi connectivity index (χ4n) is 2.39. The first kappa shape index (κ1) is 17.2. The lowest BCUT2D eigenvalue weighted by Crippen LogP contribution is -2.02. The van der Waals surface area contributed by atoms with Gasteiger partial charge in [0.1, 0.15) is 12.4 Å². The maximum absolute atomic E-state index is 11.8. The van der Waals surface area contributed by atoms with Gasteiger partial charge >= 0.3 is 5.97 Å². The Morgan fingerprint density at radius 1 is 1.24 bits per heavy atom. The fraction of sp³-hybridized carbons (Fsp3) is 0.158. The molecule has 0 fully saturated rings. The van der Waals surface area contributed by atoms with Gasteiger partial charge in [-0.1, -0.05) is 12.1 Å². The van der Waals surface area contributed by atoms with E-state index in [0.29, 0.717) is 10.4 Å². The van der Waals surface area contributed by atoms with Gasteiger partial charge in [0.05, 0.1) is 11.4 Å². The van der Waals surface area contributed by atoms with Gasteiger partial charge in [0.25, 0.3) is 0 Å². The van der Waals surface area contributed by atoms with Crippen molar-refractivity contribution in [2.24, 2.45) is 0 Å². The van der Waals surface area contributed by atoms with Gasteiger partial charge in [-0.25, -0.2) is 9.48 Å². The Labute approximate surface area is 154 Å². The first-order valence-corrected chi connectivity index (χ1v) is 8.53. The number of rotatable bonds is 5. The number of furan rings is 1. The second-order valence-corrected chi connectivity index (χ2v) is 6.37. The number of halogens is 1. The highest BCUT2D eigenvalue weighted by Gasteiger charge is 2.05. The lowest BCUT2D eigenvalue weighted by atomic mass is 10.2. The molecule has 0 atom stereocenters. The summed E-state index contributed by atoms with van der Waals surface area (Å²) in [5.74, 6) is 0.160. The molecule has 0 unspecified atom stereocenters. The average molecular weight is 401 g/mol. The topological polar surface area (TPSA) is 57.3 Å². The third-order valence-electron chi connectivity index (χ3n) is 3.55. The number of aryl methyl sites for hydroxylation is 2. The monoisotopic (exact) mass is 400 g/mol. The third kappa shape index (κ3) is 4.48. The van der Waals surface area contributed by atoms with Gasteiger partial charge in [0.2, 0.25) is 0 Å². The van der Waals surface area contributed by atoms with Gasteiger partial charge in [-0.15, -0.1) is 0 Å². The van der Waals surface area contributed by atoms with E-state index >= 15 is 0 Å². The highest BCUT2D eigenvalue weighted by atomic mass is 79.9. The number of aromatic nitrogens is 2. The van der Waals surface area contributed by atoms with Gasteiger partial charge in [-0.3, -0.25) is 0 Å². The van der Waals surface area contributed by atoms with Crippen LogP contribution in [-0.4, -0.2) is 15.7 Å². The summed E-state index contributed by atoms with van der Waals surface area (Å²) in [6.45, 7) is 4.19. The van der Waals surface area contributed by atoms with E-state index in [2.05, 4.69) is 21.0 Å². The van der Waals surface area contributed by atoms with Crippen LogP contribution in [-0.2, 0) is 16.1 Å². The maximum atomic E-state index is 11.8. The van der Waals surface area contributed by atoms with Gasteiger partial charge in [-0.05, 0) is 71.7 Å². The van der Waals surface area contributed by atoms with Crippen LogP contribution in [0.25, 0.3) is 11.8 Å². The van der Waals surface area contributed by atoms with E-state index in [1.54, 1.807) is 18.2 Å². The summed E-state index contributed by atoms with van der Waals surface area (Å²) < 4.78 is 13.0. The predicted molar refractivity (Wildman–Crippen MR) is 98.3 cm³/mol. The smallest absolute Gasteiger partial charge is 0.331 e. The van der Waals surface area contributed by atoms with Crippen LogP contribution in [0.15, 0.2) is 57.6 Å². The lowest BCUT2D eigenvalue weighted by Gasteiger charge is -2.06. The molecule has 1 aromatic carbocycles. The molecule has 0 aliphatic rings. The highest BCUT2D eigenvalue weighted by Crippen LogP contribution is 2.16. The van der Waals surface area contributed by atoms with E-state index in [0.717, 1.165) is 22.6 Å². The fourth-order valence-corrected chi connectivity index (χ4v) is 2.71. The van der Waals surface area contributed by atoms with E-state index in [1.165, 1.54) is 6.08 Å². The normalized spacial score (nSPS) is 11.2. The summed E-state index contributed by atoms with van der Waals surface area (Å²) in [6, 6.07) is 13.3. The predicted octanol–water partition coefficient (Wildman–Crippen LogP) is 4.60. The summed E-state index contributed by atoms with van der Waals surface area (Å²) in [5, 5.41) is 4.45. The minimum absolute atomic E-state index is 0.211.